The van der Waals surface area contributed by atoms with Gasteiger partial charge in [-0.3, -0.25) is 0 Å². The summed E-state index contributed by atoms with van der Waals surface area (Å²) in [5.41, 5.74) is -0.348. The number of esters is 1. The zero-order valence-corrected chi connectivity index (χ0v) is 10.3. The van der Waals surface area contributed by atoms with Gasteiger partial charge in [-0.25, -0.2) is 4.79 Å². The van der Waals surface area contributed by atoms with Crippen molar-refractivity contribution in [2.24, 2.45) is 5.92 Å². The lowest BCUT2D eigenvalue weighted by atomic mass is 9.93. The Hall–Kier alpha value is -1.95. The van der Waals surface area contributed by atoms with Crippen LogP contribution in [0, 0.1) is 5.92 Å². The summed E-state index contributed by atoms with van der Waals surface area (Å²) >= 11 is 0. The molecular formula is C12H16O6. The highest BCUT2D eigenvalue weighted by atomic mass is 16.5. The molecule has 0 aliphatic rings. The third kappa shape index (κ3) is 2.33. The van der Waals surface area contributed by atoms with Gasteiger partial charge in [0.25, 0.3) is 0 Å². The first kappa shape index (κ1) is 14.1. The van der Waals surface area contributed by atoms with Crippen LogP contribution < -0.4 is 0 Å². The number of aromatic hydroxyl groups is 3. The molecule has 6 heteroatoms. The lowest BCUT2D eigenvalue weighted by Crippen LogP contribution is -2.13. The molecule has 18 heavy (non-hydrogen) atoms. The van der Waals surface area contributed by atoms with Crippen molar-refractivity contribution >= 4 is 5.97 Å². The van der Waals surface area contributed by atoms with Gasteiger partial charge in [0.2, 0.25) is 5.75 Å². The molecule has 1 aromatic rings. The largest absolute Gasteiger partial charge is 0.504 e. The number of benzene rings is 1. The molecule has 0 aromatic heterocycles. The normalized spacial score (nSPS) is 12.5. The van der Waals surface area contributed by atoms with Crippen molar-refractivity contribution in [3.63, 3.8) is 0 Å². The van der Waals surface area contributed by atoms with Crippen LogP contribution in [-0.4, -0.2) is 33.5 Å². The molecular weight excluding hydrogens is 240 g/mol. The fourth-order valence-electron chi connectivity index (χ4n) is 1.57. The third-order valence-corrected chi connectivity index (χ3v) is 2.63. The number of hydrogen-bond acceptors (Lipinski definition) is 6. The van der Waals surface area contributed by atoms with E-state index in [-0.39, 0.29) is 17.0 Å². The molecule has 0 aliphatic carbocycles. The Labute approximate surface area is 104 Å². The smallest absolute Gasteiger partial charge is 0.338 e. The van der Waals surface area contributed by atoms with Crippen LogP contribution in [0.5, 0.6) is 17.2 Å². The molecule has 0 radical (unpaired) electrons. The Morgan fingerprint density at radius 2 is 1.78 bits per heavy atom. The molecule has 1 atom stereocenters. The molecule has 0 saturated heterocycles. The van der Waals surface area contributed by atoms with Gasteiger partial charge < -0.3 is 25.2 Å². The Morgan fingerprint density at radius 1 is 1.22 bits per heavy atom. The first-order valence-corrected chi connectivity index (χ1v) is 5.35. The van der Waals surface area contributed by atoms with Gasteiger partial charge in [-0.1, -0.05) is 13.8 Å². The average molecular weight is 256 g/mol. The topological polar surface area (TPSA) is 107 Å². The summed E-state index contributed by atoms with van der Waals surface area (Å²) in [4.78, 5) is 11.5. The molecule has 1 aromatic carbocycles. The highest BCUT2D eigenvalue weighted by Crippen LogP contribution is 2.44. The van der Waals surface area contributed by atoms with Gasteiger partial charge in [0.15, 0.2) is 11.5 Å². The monoisotopic (exact) mass is 256 g/mol. The van der Waals surface area contributed by atoms with E-state index in [0.29, 0.717) is 0 Å². The van der Waals surface area contributed by atoms with Crippen LogP contribution >= 0.6 is 0 Å². The van der Waals surface area contributed by atoms with Gasteiger partial charge in [0.1, 0.15) is 0 Å². The molecule has 0 fully saturated rings. The lowest BCUT2D eigenvalue weighted by Gasteiger charge is -2.20. The predicted octanol–water partition coefficient (Wildman–Crippen LogP) is 1.28. The summed E-state index contributed by atoms with van der Waals surface area (Å²) in [6.07, 6.45) is -1.18. The van der Waals surface area contributed by atoms with Crippen LogP contribution in [0.15, 0.2) is 6.07 Å². The second-order valence-electron chi connectivity index (χ2n) is 4.23. The van der Waals surface area contributed by atoms with Gasteiger partial charge in [0.05, 0.1) is 18.8 Å². The number of hydrogen-bond donors (Lipinski definition) is 4. The maximum absolute atomic E-state index is 11.5. The van der Waals surface area contributed by atoms with E-state index in [9.17, 15) is 25.2 Å². The first-order chi connectivity index (χ1) is 8.31. The van der Waals surface area contributed by atoms with Gasteiger partial charge in [-0.05, 0) is 12.0 Å². The van der Waals surface area contributed by atoms with Gasteiger partial charge in [-0.15, -0.1) is 0 Å². The number of carbonyl (C=O) groups is 1. The average Bonchev–Trinajstić information content (AvgIpc) is 2.33. The molecule has 0 bridgehead atoms. The minimum absolute atomic E-state index is 0.160. The van der Waals surface area contributed by atoms with Crippen LogP contribution in [-0.2, 0) is 4.74 Å². The molecule has 0 amide bonds. The standard InChI is InChI=1S/C12H16O6/c1-5(2)9(14)8-6(12(17)18-3)4-7(13)10(15)11(8)16/h4-5,9,13-16H,1-3H3. The van der Waals surface area contributed by atoms with Crippen molar-refractivity contribution in [1.82, 2.24) is 0 Å². The van der Waals surface area contributed by atoms with Gasteiger partial charge >= 0.3 is 5.97 Å². The SMILES string of the molecule is COC(=O)c1cc(O)c(O)c(O)c1C(O)C(C)C. The summed E-state index contributed by atoms with van der Waals surface area (Å²) in [6.45, 7) is 3.35. The van der Waals surface area contributed by atoms with E-state index in [1.54, 1.807) is 13.8 Å². The number of phenolic OH excluding ortho intramolecular Hbond substituents is 3. The number of carbonyl (C=O) groups excluding carboxylic acids is 1. The maximum atomic E-state index is 11.5. The molecule has 100 valence electrons. The molecule has 6 nitrogen and oxygen atoms in total. The number of ether oxygens (including phenoxy) is 1. The van der Waals surface area contributed by atoms with Crippen LogP contribution in [0.3, 0.4) is 0 Å². The number of aliphatic hydroxyl groups excluding tert-OH is 1. The zero-order valence-electron chi connectivity index (χ0n) is 10.3. The number of rotatable bonds is 3. The van der Waals surface area contributed by atoms with Crippen molar-refractivity contribution in [1.29, 1.82) is 0 Å². The third-order valence-electron chi connectivity index (χ3n) is 2.63. The fourth-order valence-corrected chi connectivity index (χ4v) is 1.57. The lowest BCUT2D eigenvalue weighted by molar-refractivity contribution is 0.0585. The Balaban J connectivity index is 3.54. The zero-order chi connectivity index (χ0) is 14.0. The van der Waals surface area contributed by atoms with Gasteiger partial charge in [-0.2, -0.15) is 0 Å². The summed E-state index contributed by atoms with van der Waals surface area (Å²) < 4.78 is 4.50. The van der Waals surface area contributed by atoms with E-state index in [1.807, 2.05) is 0 Å². The van der Waals surface area contributed by atoms with E-state index < -0.39 is 29.3 Å². The molecule has 1 rings (SSSR count). The number of aliphatic hydroxyl groups is 1. The summed E-state index contributed by atoms with van der Waals surface area (Å²) in [5, 5.41) is 38.5. The van der Waals surface area contributed by atoms with Gasteiger partial charge in [0, 0.05) is 5.56 Å². The summed E-state index contributed by atoms with van der Waals surface area (Å²) in [6, 6.07) is 0.946. The minimum Gasteiger partial charge on any atom is -0.504 e. The molecule has 0 saturated carbocycles. The quantitative estimate of drug-likeness (QED) is 0.479. The van der Waals surface area contributed by atoms with Crippen molar-refractivity contribution in [3.05, 3.63) is 17.2 Å². The Morgan fingerprint density at radius 3 is 2.22 bits per heavy atom. The first-order valence-electron chi connectivity index (χ1n) is 5.35. The highest BCUT2D eigenvalue weighted by Gasteiger charge is 2.28. The van der Waals surface area contributed by atoms with Crippen molar-refractivity contribution in [3.8, 4) is 17.2 Å². The van der Waals surface area contributed by atoms with Crippen molar-refractivity contribution < 1.29 is 30.0 Å². The second-order valence-corrected chi connectivity index (χ2v) is 4.23. The fraction of sp³-hybridized carbons (Fsp3) is 0.417. The minimum atomic E-state index is -1.18. The van der Waals surface area contributed by atoms with Crippen molar-refractivity contribution in [2.75, 3.05) is 7.11 Å². The summed E-state index contributed by atoms with van der Waals surface area (Å²) in [5.74, 6) is -3.29. The number of phenols is 3. The van der Waals surface area contributed by atoms with E-state index in [4.69, 9.17) is 0 Å². The van der Waals surface area contributed by atoms with Crippen LogP contribution in [0.2, 0.25) is 0 Å². The van der Waals surface area contributed by atoms with E-state index in [2.05, 4.69) is 4.74 Å². The second kappa shape index (κ2) is 5.14. The molecule has 0 heterocycles. The number of methoxy groups -OCH3 is 1. The molecule has 4 N–H and O–H groups in total. The molecule has 0 spiro atoms. The Bertz CT molecular complexity index is 466. The predicted molar refractivity (Wildman–Crippen MR) is 62.6 cm³/mol. The van der Waals surface area contributed by atoms with Crippen molar-refractivity contribution in [2.45, 2.75) is 20.0 Å². The molecule has 0 aliphatic heterocycles. The Kier molecular flexibility index (Phi) is 4.03. The van der Waals surface area contributed by atoms with Crippen LogP contribution in [0.25, 0.3) is 0 Å². The molecule has 1 unspecified atom stereocenters. The van der Waals surface area contributed by atoms with E-state index >= 15 is 0 Å². The van der Waals surface area contributed by atoms with Crippen LogP contribution in [0.1, 0.15) is 35.9 Å². The highest BCUT2D eigenvalue weighted by molar-refractivity contribution is 5.93. The van der Waals surface area contributed by atoms with Crippen LogP contribution in [0.4, 0.5) is 0 Å². The van der Waals surface area contributed by atoms with E-state index in [0.717, 1.165) is 13.2 Å². The van der Waals surface area contributed by atoms with E-state index in [1.165, 1.54) is 0 Å². The maximum Gasteiger partial charge on any atom is 0.338 e. The summed E-state index contributed by atoms with van der Waals surface area (Å²) in [7, 11) is 1.13.